The van der Waals surface area contributed by atoms with Gasteiger partial charge < -0.3 is 9.79 Å². The molecule has 0 aromatic carbocycles. The second-order valence-electron chi connectivity index (χ2n) is 8.89. The fourth-order valence-electron chi connectivity index (χ4n) is 4.00. The summed E-state index contributed by atoms with van der Waals surface area (Å²) in [6.45, 7) is 4.71. The van der Waals surface area contributed by atoms with E-state index in [1.165, 1.54) is 103 Å². The van der Waals surface area contributed by atoms with Gasteiger partial charge in [0.25, 0.3) is 0 Å². The number of rotatable bonds is 23. The first kappa shape index (κ1) is 33.3. The zero-order valence-corrected chi connectivity index (χ0v) is 20.5. The molecule has 0 radical (unpaired) electrons. The number of unbranched alkanes of at least 4 members (excludes halogenated alkanes) is 16. The molecule has 0 saturated heterocycles. The van der Waals surface area contributed by atoms with Crippen molar-refractivity contribution in [3.05, 3.63) is 0 Å². The summed E-state index contributed by atoms with van der Waals surface area (Å²) in [5, 5.41) is 0. The van der Waals surface area contributed by atoms with Gasteiger partial charge in [-0.1, -0.05) is 129 Å². The Labute approximate surface area is 210 Å². The molecule has 4 nitrogen and oxygen atoms in total. The van der Waals surface area contributed by atoms with Crippen LogP contribution in [0.4, 0.5) is 0 Å². The summed E-state index contributed by atoms with van der Waals surface area (Å²) in [5.41, 5.74) is 0. The maximum absolute atomic E-state index is 11.1. The molecule has 0 aromatic rings. The van der Waals surface area contributed by atoms with Gasteiger partial charge in [0.2, 0.25) is 0 Å². The van der Waals surface area contributed by atoms with Crippen LogP contribution in [-0.4, -0.2) is 46.0 Å². The standard InChI is InChI=1S/C24H51O4P.Na.H/c1-3-5-7-9-11-13-14-16-18-20-22-24(23-28-29(25,26)27)21-19-17-15-12-10-8-6-4-2;;/h24H,3-23H2,1-2H3,(H2,25,26,27);;. The molecule has 0 bridgehead atoms. The van der Waals surface area contributed by atoms with E-state index in [1.807, 2.05) is 0 Å². The van der Waals surface area contributed by atoms with Crippen LogP contribution >= 0.6 is 7.82 Å². The summed E-state index contributed by atoms with van der Waals surface area (Å²) in [5.74, 6) is 0.289. The summed E-state index contributed by atoms with van der Waals surface area (Å²) in [4.78, 5) is 18.0. The van der Waals surface area contributed by atoms with Crippen molar-refractivity contribution in [1.29, 1.82) is 0 Å². The van der Waals surface area contributed by atoms with Crippen LogP contribution < -0.4 is 0 Å². The Kier molecular flexibility index (Phi) is 27.5. The van der Waals surface area contributed by atoms with Crippen molar-refractivity contribution in [2.75, 3.05) is 6.61 Å². The average Bonchev–Trinajstić information content (AvgIpc) is 2.68. The van der Waals surface area contributed by atoms with E-state index < -0.39 is 7.82 Å². The Bertz CT molecular complexity index is 376. The number of phosphoric acid groups is 1. The molecule has 0 rings (SSSR count). The Morgan fingerprint density at radius 2 is 0.900 bits per heavy atom. The van der Waals surface area contributed by atoms with Crippen molar-refractivity contribution >= 4 is 37.4 Å². The molecule has 2 N–H and O–H groups in total. The van der Waals surface area contributed by atoms with Crippen molar-refractivity contribution in [1.82, 2.24) is 0 Å². The van der Waals surface area contributed by atoms with Crippen LogP contribution in [0.25, 0.3) is 0 Å². The normalized spacial score (nSPS) is 12.7. The van der Waals surface area contributed by atoms with Gasteiger partial charge in [-0.2, -0.15) is 0 Å². The minimum atomic E-state index is -4.35. The van der Waals surface area contributed by atoms with Crippen molar-refractivity contribution in [3.63, 3.8) is 0 Å². The third-order valence-electron chi connectivity index (χ3n) is 5.91. The molecule has 0 aliphatic carbocycles. The maximum atomic E-state index is 11.1. The topological polar surface area (TPSA) is 66.8 Å². The number of hydrogen-bond acceptors (Lipinski definition) is 2. The van der Waals surface area contributed by atoms with Crippen LogP contribution in [0.2, 0.25) is 0 Å². The quantitative estimate of drug-likeness (QED) is 0.0927. The van der Waals surface area contributed by atoms with Gasteiger partial charge in [-0.15, -0.1) is 0 Å². The predicted octanol–water partition coefficient (Wildman–Crippen LogP) is 7.91. The zero-order chi connectivity index (χ0) is 21.6. The van der Waals surface area contributed by atoms with Crippen LogP contribution in [0.15, 0.2) is 0 Å². The van der Waals surface area contributed by atoms with Gasteiger partial charge >= 0.3 is 37.4 Å². The van der Waals surface area contributed by atoms with E-state index in [9.17, 15) is 4.57 Å². The summed E-state index contributed by atoms with van der Waals surface area (Å²) in [6.07, 6.45) is 25.6. The molecule has 30 heavy (non-hydrogen) atoms. The molecule has 1 atom stereocenters. The molecule has 0 aromatic heterocycles. The molecule has 0 aliphatic heterocycles. The molecule has 0 spiro atoms. The van der Waals surface area contributed by atoms with E-state index >= 15 is 0 Å². The molecule has 0 amide bonds. The minimum absolute atomic E-state index is 0. The third-order valence-corrected chi connectivity index (χ3v) is 6.40. The molecular formula is C24H52NaO4P. The predicted molar refractivity (Wildman–Crippen MR) is 132 cm³/mol. The van der Waals surface area contributed by atoms with Crippen molar-refractivity contribution in [3.8, 4) is 0 Å². The van der Waals surface area contributed by atoms with E-state index in [1.54, 1.807) is 0 Å². The number of phosphoric ester groups is 1. The zero-order valence-electron chi connectivity index (χ0n) is 19.6. The second-order valence-corrected chi connectivity index (χ2v) is 10.1. The Morgan fingerprint density at radius 1 is 0.600 bits per heavy atom. The Morgan fingerprint density at radius 3 is 1.20 bits per heavy atom. The van der Waals surface area contributed by atoms with E-state index in [-0.39, 0.29) is 42.1 Å². The van der Waals surface area contributed by atoms with E-state index in [4.69, 9.17) is 14.3 Å². The van der Waals surface area contributed by atoms with E-state index in [0.29, 0.717) is 0 Å². The van der Waals surface area contributed by atoms with Gasteiger partial charge in [0.1, 0.15) is 0 Å². The van der Waals surface area contributed by atoms with Gasteiger partial charge in [0.05, 0.1) is 6.61 Å². The van der Waals surface area contributed by atoms with Gasteiger partial charge in [0, 0.05) is 0 Å². The monoisotopic (exact) mass is 458 g/mol. The first-order valence-electron chi connectivity index (χ1n) is 12.7. The molecule has 0 heterocycles. The molecule has 0 fully saturated rings. The summed E-state index contributed by atoms with van der Waals surface area (Å²) in [6, 6.07) is 0. The third kappa shape index (κ3) is 27.1. The van der Waals surface area contributed by atoms with Crippen LogP contribution in [0, 0.1) is 5.92 Å². The Hall–Kier alpha value is 1.11. The number of hydrogen-bond donors (Lipinski definition) is 2. The molecule has 0 saturated carbocycles. The van der Waals surface area contributed by atoms with Crippen molar-refractivity contribution in [2.45, 2.75) is 142 Å². The Balaban J connectivity index is 0. The summed E-state index contributed by atoms with van der Waals surface area (Å²) in [7, 11) is -4.35. The van der Waals surface area contributed by atoms with Gasteiger partial charge in [-0.05, 0) is 18.8 Å². The van der Waals surface area contributed by atoms with Crippen LogP contribution in [0.1, 0.15) is 142 Å². The van der Waals surface area contributed by atoms with E-state index in [2.05, 4.69) is 13.8 Å². The van der Waals surface area contributed by atoms with Crippen LogP contribution in [0.5, 0.6) is 0 Å². The van der Waals surface area contributed by atoms with E-state index in [0.717, 1.165) is 25.7 Å². The van der Waals surface area contributed by atoms with Gasteiger partial charge in [0.15, 0.2) is 0 Å². The van der Waals surface area contributed by atoms with Crippen molar-refractivity contribution < 1.29 is 18.9 Å². The average molecular weight is 459 g/mol. The molecule has 0 aliphatic rings. The van der Waals surface area contributed by atoms with Gasteiger partial charge in [-0.25, -0.2) is 4.57 Å². The summed E-state index contributed by atoms with van der Waals surface area (Å²) >= 11 is 0. The van der Waals surface area contributed by atoms with Crippen LogP contribution in [0.3, 0.4) is 0 Å². The SMILES string of the molecule is CCCCCCCCCCCCC(CCCCCCCCCC)COP(=O)(O)O.[NaH]. The second kappa shape index (κ2) is 24.7. The fraction of sp³-hybridized carbons (Fsp3) is 1.00. The van der Waals surface area contributed by atoms with Crippen LogP contribution in [-0.2, 0) is 9.09 Å². The first-order valence-corrected chi connectivity index (χ1v) is 14.2. The molecule has 178 valence electrons. The summed E-state index contributed by atoms with van der Waals surface area (Å²) < 4.78 is 15.9. The van der Waals surface area contributed by atoms with Gasteiger partial charge in [-0.3, -0.25) is 4.52 Å². The fourth-order valence-corrected chi connectivity index (χ4v) is 4.41. The molecule has 1 unspecified atom stereocenters. The molecule has 6 heteroatoms. The first-order chi connectivity index (χ1) is 14.0. The van der Waals surface area contributed by atoms with Crippen molar-refractivity contribution in [2.24, 2.45) is 5.92 Å². The molecular weight excluding hydrogens is 406 g/mol.